The summed E-state index contributed by atoms with van der Waals surface area (Å²) in [4.78, 5) is 11.5. The molecule has 102 valence electrons. The molecule has 1 aromatic carbocycles. The molecule has 0 fully saturated rings. The largest absolute Gasteiger partial charge is 0.380 e. The maximum Gasteiger partial charge on any atom is 0.250 e. The predicted molar refractivity (Wildman–Crippen MR) is 85.5 cm³/mol. The molecule has 0 saturated heterocycles. The molecule has 0 spiro atoms. The molecule has 1 N–H and O–H groups in total. The zero-order chi connectivity index (χ0) is 13.9. The molecule has 20 heavy (non-hydrogen) atoms. The SMILES string of the molecule is CCn1cc(NCc2csc3ccccc23)ccc1=O. The third-order valence-electron chi connectivity index (χ3n) is 3.37. The fourth-order valence-electron chi connectivity index (χ4n) is 2.25. The van der Waals surface area contributed by atoms with E-state index in [0.717, 1.165) is 12.2 Å². The fraction of sp³-hybridized carbons (Fsp3) is 0.188. The molecule has 0 amide bonds. The summed E-state index contributed by atoms with van der Waals surface area (Å²) in [5, 5.41) is 6.88. The van der Waals surface area contributed by atoms with Gasteiger partial charge in [-0.1, -0.05) is 18.2 Å². The van der Waals surface area contributed by atoms with Crippen LogP contribution in [-0.2, 0) is 13.1 Å². The Hall–Kier alpha value is -2.07. The Labute approximate surface area is 121 Å². The van der Waals surface area contributed by atoms with Crippen molar-refractivity contribution in [3.05, 3.63) is 63.9 Å². The summed E-state index contributed by atoms with van der Waals surface area (Å²) in [5.41, 5.74) is 2.31. The molecule has 0 bridgehead atoms. The molecule has 0 saturated carbocycles. The van der Waals surface area contributed by atoms with Gasteiger partial charge in [-0.3, -0.25) is 4.79 Å². The number of thiophene rings is 1. The van der Waals surface area contributed by atoms with Crippen LogP contribution in [0.15, 0.2) is 52.8 Å². The van der Waals surface area contributed by atoms with E-state index < -0.39 is 0 Å². The van der Waals surface area contributed by atoms with E-state index in [1.165, 1.54) is 15.6 Å². The molecule has 2 aromatic heterocycles. The Morgan fingerprint density at radius 3 is 2.90 bits per heavy atom. The Morgan fingerprint density at radius 1 is 1.20 bits per heavy atom. The highest BCUT2D eigenvalue weighted by molar-refractivity contribution is 7.17. The average Bonchev–Trinajstić information content (AvgIpc) is 2.90. The lowest BCUT2D eigenvalue weighted by Crippen LogP contribution is -2.17. The number of pyridine rings is 1. The van der Waals surface area contributed by atoms with E-state index in [2.05, 4.69) is 35.0 Å². The van der Waals surface area contributed by atoms with Crippen LogP contribution in [0.1, 0.15) is 12.5 Å². The van der Waals surface area contributed by atoms with E-state index in [0.29, 0.717) is 6.54 Å². The fourth-order valence-corrected chi connectivity index (χ4v) is 3.21. The van der Waals surface area contributed by atoms with Gasteiger partial charge in [0.15, 0.2) is 0 Å². The number of nitrogens with one attached hydrogen (secondary N) is 1. The highest BCUT2D eigenvalue weighted by Gasteiger charge is 2.03. The Balaban J connectivity index is 1.81. The number of hydrogen-bond donors (Lipinski definition) is 1. The number of rotatable bonds is 4. The maximum absolute atomic E-state index is 11.5. The van der Waals surface area contributed by atoms with Crippen LogP contribution < -0.4 is 10.9 Å². The first kappa shape index (κ1) is 12.9. The highest BCUT2D eigenvalue weighted by atomic mass is 32.1. The first-order valence-electron chi connectivity index (χ1n) is 6.67. The van der Waals surface area contributed by atoms with Gasteiger partial charge in [0, 0.05) is 30.1 Å². The van der Waals surface area contributed by atoms with Gasteiger partial charge in [-0.25, -0.2) is 0 Å². The number of fused-ring (bicyclic) bond motifs is 1. The van der Waals surface area contributed by atoms with Gasteiger partial charge in [0.1, 0.15) is 0 Å². The predicted octanol–water partition coefficient (Wildman–Crippen LogP) is 3.70. The van der Waals surface area contributed by atoms with E-state index in [4.69, 9.17) is 0 Å². The summed E-state index contributed by atoms with van der Waals surface area (Å²) in [6.45, 7) is 3.43. The first-order valence-corrected chi connectivity index (χ1v) is 7.55. The minimum absolute atomic E-state index is 0.0408. The second kappa shape index (κ2) is 5.51. The summed E-state index contributed by atoms with van der Waals surface area (Å²) >= 11 is 1.76. The summed E-state index contributed by atoms with van der Waals surface area (Å²) < 4.78 is 3.01. The molecule has 0 aliphatic rings. The van der Waals surface area contributed by atoms with Gasteiger partial charge in [0.2, 0.25) is 0 Å². The van der Waals surface area contributed by atoms with Crippen molar-refractivity contribution in [3.8, 4) is 0 Å². The first-order chi connectivity index (χ1) is 9.78. The quantitative estimate of drug-likeness (QED) is 0.792. The number of aromatic nitrogens is 1. The van der Waals surface area contributed by atoms with Crippen LogP contribution in [0.25, 0.3) is 10.1 Å². The molecule has 0 radical (unpaired) electrons. The van der Waals surface area contributed by atoms with Crippen molar-refractivity contribution >= 4 is 27.1 Å². The number of anilines is 1. The van der Waals surface area contributed by atoms with Crippen molar-refractivity contribution in [2.45, 2.75) is 20.0 Å². The minimum Gasteiger partial charge on any atom is -0.380 e. The van der Waals surface area contributed by atoms with Crippen LogP contribution >= 0.6 is 11.3 Å². The normalized spacial score (nSPS) is 10.8. The van der Waals surface area contributed by atoms with Gasteiger partial charge in [-0.05, 0) is 35.4 Å². The van der Waals surface area contributed by atoms with E-state index in [1.807, 2.05) is 19.2 Å². The monoisotopic (exact) mass is 284 g/mol. The van der Waals surface area contributed by atoms with Gasteiger partial charge in [0.05, 0.1) is 5.69 Å². The van der Waals surface area contributed by atoms with Crippen molar-refractivity contribution in [2.75, 3.05) is 5.32 Å². The van der Waals surface area contributed by atoms with Crippen LogP contribution in [-0.4, -0.2) is 4.57 Å². The standard InChI is InChI=1S/C16H16N2OS/c1-2-18-10-13(7-8-16(18)19)17-9-12-11-20-15-6-4-3-5-14(12)15/h3-8,10-11,17H,2,9H2,1H3. The van der Waals surface area contributed by atoms with Crippen molar-refractivity contribution in [1.29, 1.82) is 0 Å². The molecule has 2 heterocycles. The molecule has 3 nitrogen and oxygen atoms in total. The third-order valence-corrected chi connectivity index (χ3v) is 4.38. The minimum atomic E-state index is 0.0408. The van der Waals surface area contributed by atoms with Gasteiger partial charge >= 0.3 is 0 Å². The van der Waals surface area contributed by atoms with Crippen molar-refractivity contribution in [3.63, 3.8) is 0 Å². The Morgan fingerprint density at radius 2 is 2.05 bits per heavy atom. The van der Waals surface area contributed by atoms with Gasteiger partial charge in [0.25, 0.3) is 5.56 Å². The number of benzene rings is 1. The van der Waals surface area contributed by atoms with E-state index >= 15 is 0 Å². The Bertz CT molecular complexity index is 788. The molecule has 0 aliphatic carbocycles. The lowest BCUT2D eigenvalue weighted by atomic mass is 10.2. The number of aryl methyl sites for hydroxylation is 1. The zero-order valence-electron chi connectivity index (χ0n) is 11.3. The molecular formula is C16H16N2OS. The van der Waals surface area contributed by atoms with Crippen molar-refractivity contribution in [1.82, 2.24) is 4.57 Å². The van der Waals surface area contributed by atoms with Crippen LogP contribution in [0.4, 0.5) is 5.69 Å². The summed E-state index contributed by atoms with van der Waals surface area (Å²) in [6.07, 6.45) is 1.87. The smallest absolute Gasteiger partial charge is 0.250 e. The molecule has 0 atom stereocenters. The van der Waals surface area contributed by atoms with Crippen molar-refractivity contribution in [2.24, 2.45) is 0 Å². The summed E-state index contributed by atoms with van der Waals surface area (Å²) in [7, 11) is 0. The van der Waals surface area contributed by atoms with Crippen LogP contribution in [0.3, 0.4) is 0 Å². The average molecular weight is 284 g/mol. The molecule has 0 aliphatic heterocycles. The molecular weight excluding hydrogens is 268 g/mol. The number of nitrogens with zero attached hydrogens (tertiary/aromatic N) is 1. The number of hydrogen-bond acceptors (Lipinski definition) is 3. The van der Waals surface area contributed by atoms with Gasteiger partial charge in [-0.2, -0.15) is 0 Å². The maximum atomic E-state index is 11.5. The second-order valence-electron chi connectivity index (χ2n) is 4.65. The molecule has 4 heteroatoms. The highest BCUT2D eigenvalue weighted by Crippen LogP contribution is 2.26. The van der Waals surface area contributed by atoms with E-state index in [9.17, 15) is 4.79 Å². The molecule has 3 aromatic rings. The zero-order valence-corrected chi connectivity index (χ0v) is 12.1. The van der Waals surface area contributed by atoms with Crippen LogP contribution in [0.5, 0.6) is 0 Å². The van der Waals surface area contributed by atoms with Crippen molar-refractivity contribution < 1.29 is 0 Å². The van der Waals surface area contributed by atoms with Crippen LogP contribution in [0, 0.1) is 0 Å². The van der Waals surface area contributed by atoms with Crippen LogP contribution in [0.2, 0.25) is 0 Å². The van der Waals surface area contributed by atoms with Gasteiger partial charge < -0.3 is 9.88 Å². The van der Waals surface area contributed by atoms with Gasteiger partial charge in [-0.15, -0.1) is 11.3 Å². The second-order valence-corrected chi connectivity index (χ2v) is 5.56. The summed E-state index contributed by atoms with van der Waals surface area (Å²) in [6, 6.07) is 11.9. The van der Waals surface area contributed by atoms with E-state index in [1.54, 1.807) is 22.0 Å². The third kappa shape index (κ3) is 2.47. The van der Waals surface area contributed by atoms with E-state index in [-0.39, 0.29) is 5.56 Å². The lowest BCUT2D eigenvalue weighted by Gasteiger charge is -2.08. The lowest BCUT2D eigenvalue weighted by molar-refractivity contribution is 0.728. The summed E-state index contributed by atoms with van der Waals surface area (Å²) in [5.74, 6) is 0. The molecule has 3 rings (SSSR count). The topological polar surface area (TPSA) is 34.0 Å². The Kier molecular flexibility index (Phi) is 3.56. The molecule has 0 unspecified atom stereocenters.